The van der Waals surface area contributed by atoms with Gasteiger partial charge in [0, 0.05) is 7.11 Å². The molecule has 3 rings (SSSR count). The number of rotatable bonds is 2. The fourth-order valence-electron chi connectivity index (χ4n) is 6.17. The molecule has 0 N–H and O–H groups in total. The monoisotopic (exact) mass is 302 g/mol. The van der Waals surface area contributed by atoms with Crippen LogP contribution in [0, 0.1) is 28.6 Å². The summed E-state index contributed by atoms with van der Waals surface area (Å²) in [5.74, 6) is 2.40. The van der Waals surface area contributed by atoms with Crippen molar-refractivity contribution in [3.8, 4) is 0 Å². The van der Waals surface area contributed by atoms with Gasteiger partial charge in [0.1, 0.15) is 0 Å². The summed E-state index contributed by atoms with van der Waals surface area (Å²) in [7, 11) is 1.86. The molecule has 0 aliphatic heterocycles. The molecule has 3 aliphatic rings. The highest BCUT2D eigenvalue weighted by molar-refractivity contribution is 5.19. The second-order valence-electron chi connectivity index (χ2n) is 9.09. The van der Waals surface area contributed by atoms with Crippen LogP contribution in [0.5, 0.6) is 0 Å². The van der Waals surface area contributed by atoms with Gasteiger partial charge in [-0.3, -0.25) is 0 Å². The summed E-state index contributed by atoms with van der Waals surface area (Å²) in [4.78, 5) is 0. The van der Waals surface area contributed by atoms with E-state index in [1.165, 1.54) is 37.7 Å². The molecule has 0 saturated heterocycles. The number of ether oxygens (including phenoxy) is 1. The Balaban J connectivity index is 1.94. The van der Waals surface area contributed by atoms with Gasteiger partial charge in [0.2, 0.25) is 0 Å². The Bertz CT molecular complexity index is 492. The van der Waals surface area contributed by atoms with E-state index in [-0.39, 0.29) is 5.60 Å². The molecule has 1 heteroatoms. The summed E-state index contributed by atoms with van der Waals surface area (Å²) in [6.07, 6.45) is 12.8. The molecule has 1 nitrogen and oxygen atoms in total. The van der Waals surface area contributed by atoms with Gasteiger partial charge in [-0.1, -0.05) is 38.2 Å². The molecule has 0 heterocycles. The summed E-state index contributed by atoms with van der Waals surface area (Å²) in [6.45, 7) is 13.9. The van der Waals surface area contributed by atoms with E-state index in [4.69, 9.17) is 4.74 Å². The van der Waals surface area contributed by atoms with Crippen molar-refractivity contribution < 1.29 is 4.74 Å². The maximum Gasteiger partial charge on any atom is 0.0830 e. The molecule has 22 heavy (non-hydrogen) atoms. The summed E-state index contributed by atoms with van der Waals surface area (Å²) >= 11 is 0. The molecule has 124 valence electrons. The fourth-order valence-corrected chi connectivity index (χ4v) is 6.17. The van der Waals surface area contributed by atoms with E-state index in [2.05, 4.69) is 46.4 Å². The zero-order valence-corrected chi connectivity index (χ0v) is 15.2. The highest BCUT2D eigenvalue weighted by Gasteiger charge is 2.57. The topological polar surface area (TPSA) is 9.23 Å². The van der Waals surface area contributed by atoms with Gasteiger partial charge in [-0.25, -0.2) is 0 Å². The molecule has 0 bridgehead atoms. The molecule has 3 aliphatic carbocycles. The number of methoxy groups -OCH3 is 1. The van der Waals surface area contributed by atoms with Gasteiger partial charge in [0.15, 0.2) is 0 Å². The standard InChI is InChI=1S/C21H34O/c1-15(2)16-7-12-21(5)17(16)8-10-19(3)13-14-20(4,22-6)11-9-18(19)21/h13-14,16-18H,1,7-12H2,2-6H3/t16-,17-,18-,19+,20+,21+/m0/s1. The van der Waals surface area contributed by atoms with Crippen molar-refractivity contribution in [1.29, 1.82) is 0 Å². The smallest absolute Gasteiger partial charge is 0.0830 e. The van der Waals surface area contributed by atoms with Crippen LogP contribution in [0.25, 0.3) is 0 Å². The molecule has 0 amide bonds. The third-order valence-electron chi connectivity index (χ3n) is 7.76. The predicted molar refractivity (Wildman–Crippen MR) is 93.8 cm³/mol. The average molecular weight is 303 g/mol. The van der Waals surface area contributed by atoms with Crippen LogP contribution in [0.1, 0.15) is 66.2 Å². The third-order valence-corrected chi connectivity index (χ3v) is 7.76. The van der Waals surface area contributed by atoms with Gasteiger partial charge in [0.05, 0.1) is 5.60 Å². The van der Waals surface area contributed by atoms with Crippen LogP contribution in [0.4, 0.5) is 0 Å². The van der Waals surface area contributed by atoms with Crippen molar-refractivity contribution in [1.82, 2.24) is 0 Å². The zero-order chi connectivity index (χ0) is 16.2. The lowest BCUT2D eigenvalue weighted by Gasteiger charge is -2.54. The molecule has 0 aromatic rings. The van der Waals surface area contributed by atoms with Gasteiger partial charge >= 0.3 is 0 Å². The van der Waals surface area contributed by atoms with E-state index in [0.29, 0.717) is 10.8 Å². The Kier molecular flexibility index (Phi) is 3.87. The minimum absolute atomic E-state index is 0.0709. The van der Waals surface area contributed by atoms with E-state index >= 15 is 0 Å². The van der Waals surface area contributed by atoms with Crippen LogP contribution in [-0.4, -0.2) is 12.7 Å². The van der Waals surface area contributed by atoms with E-state index in [9.17, 15) is 0 Å². The van der Waals surface area contributed by atoms with Gasteiger partial charge in [-0.2, -0.15) is 0 Å². The van der Waals surface area contributed by atoms with Crippen molar-refractivity contribution >= 4 is 0 Å². The van der Waals surface area contributed by atoms with Crippen LogP contribution < -0.4 is 0 Å². The Labute approximate surface area is 137 Å². The maximum absolute atomic E-state index is 5.81. The minimum Gasteiger partial charge on any atom is -0.374 e. The first-order chi connectivity index (χ1) is 10.2. The lowest BCUT2D eigenvalue weighted by atomic mass is 9.51. The van der Waals surface area contributed by atoms with Crippen LogP contribution >= 0.6 is 0 Å². The molecular weight excluding hydrogens is 268 g/mol. The van der Waals surface area contributed by atoms with E-state index in [1.54, 1.807) is 0 Å². The lowest BCUT2D eigenvalue weighted by Crippen LogP contribution is -2.46. The summed E-state index contributed by atoms with van der Waals surface area (Å²) in [5, 5.41) is 0. The van der Waals surface area contributed by atoms with Crippen molar-refractivity contribution in [2.24, 2.45) is 28.6 Å². The van der Waals surface area contributed by atoms with Crippen LogP contribution in [0.15, 0.2) is 24.3 Å². The average Bonchev–Trinajstić information content (AvgIpc) is 2.74. The number of hydrogen-bond donors (Lipinski definition) is 0. The summed E-state index contributed by atoms with van der Waals surface area (Å²) < 4.78 is 5.81. The number of hydrogen-bond acceptors (Lipinski definition) is 1. The Morgan fingerprint density at radius 3 is 2.41 bits per heavy atom. The van der Waals surface area contributed by atoms with Crippen molar-refractivity contribution in [2.75, 3.05) is 7.11 Å². The quantitative estimate of drug-likeness (QED) is 0.589. The van der Waals surface area contributed by atoms with E-state index < -0.39 is 0 Å². The maximum atomic E-state index is 5.81. The van der Waals surface area contributed by atoms with E-state index in [0.717, 1.165) is 24.2 Å². The van der Waals surface area contributed by atoms with Crippen molar-refractivity contribution in [3.05, 3.63) is 24.3 Å². The van der Waals surface area contributed by atoms with Gasteiger partial charge in [-0.15, -0.1) is 0 Å². The van der Waals surface area contributed by atoms with Crippen molar-refractivity contribution in [2.45, 2.75) is 71.8 Å². The highest BCUT2D eigenvalue weighted by atomic mass is 16.5. The van der Waals surface area contributed by atoms with Gasteiger partial charge in [0.25, 0.3) is 0 Å². The predicted octanol–water partition coefficient (Wildman–Crippen LogP) is 5.77. The second kappa shape index (κ2) is 5.23. The van der Waals surface area contributed by atoms with Crippen LogP contribution in [0.2, 0.25) is 0 Å². The van der Waals surface area contributed by atoms with Crippen LogP contribution in [0.3, 0.4) is 0 Å². The van der Waals surface area contributed by atoms with Gasteiger partial charge < -0.3 is 4.74 Å². The van der Waals surface area contributed by atoms with Crippen LogP contribution in [-0.2, 0) is 4.74 Å². The molecule has 2 saturated carbocycles. The number of fused-ring (bicyclic) bond motifs is 3. The fraction of sp³-hybridized carbons (Fsp3) is 0.810. The highest BCUT2D eigenvalue weighted by Crippen LogP contribution is 2.65. The largest absolute Gasteiger partial charge is 0.374 e. The molecule has 0 aromatic heterocycles. The molecule has 6 atom stereocenters. The molecule has 0 radical (unpaired) electrons. The lowest BCUT2D eigenvalue weighted by molar-refractivity contribution is -0.0347. The molecular formula is C21H34O. The molecule has 0 aromatic carbocycles. The minimum atomic E-state index is -0.0709. The first kappa shape index (κ1) is 16.3. The Morgan fingerprint density at radius 1 is 1.05 bits per heavy atom. The van der Waals surface area contributed by atoms with E-state index in [1.807, 2.05) is 7.11 Å². The van der Waals surface area contributed by atoms with Crippen molar-refractivity contribution in [3.63, 3.8) is 0 Å². The third kappa shape index (κ3) is 2.31. The molecule has 0 unspecified atom stereocenters. The molecule has 0 spiro atoms. The summed E-state index contributed by atoms with van der Waals surface area (Å²) in [6, 6.07) is 0. The summed E-state index contributed by atoms with van der Waals surface area (Å²) in [5.41, 5.74) is 2.19. The van der Waals surface area contributed by atoms with Gasteiger partial charge in [-0.05, 0) is 81.0 Å². The Morgan fingerprint density at radius 2 is 1.77 bits per heavy atom. The first-order valence-electron chi connectivity index (χ1n) is 9.15. The first-order valence-corrected chi connectivity index (χ1v) is 9.15. The molecule has 2 fully saturated rings. The normalized spacial score (nSPS) is 51.0. The number of allylic oxidation sites excluding steroid dienone is 2. The zero-order valence-electron chi connectivity index (χ0n) is 15.2. The second-order valence-corrected chi connectivity index (χ2v) is 9.09. The SMILES string of the molecule is C=C(C)[C@@H]1CC[C@@]2(C)[C@H]3CC[C@@](C)(OC)C=C[C@@]3(C)CC[C@@H]12. The Hall–Kier alpha value is -0.560.